The van der Waals surface area contributed by atoms with Gasteiger partial charge < -0.3 is 10.1 Å². The zero-order valence-corrected chi connectivity index (χ0v) is 13.8. The molecule has 1 aromatic heterocycles. The van der Waals surface area contributed by atoms with Gasteiger partial charge in [0.15, 0.2) is 0 Å². The molecule has 1 fully saturated rings. The minimum absolute atomic E-state index is 0.0929. The first-order valence-corrected chi connectivity index (χ1v) is 7.85. The Hall–Kier alpha value is -0.450. The first kappa shape index (κ1) is 14.9. The maximum atomic E-state index is 5.63. The number of hydrogen-bond donors (Lipinski definition) is 1. The number of rotatable bonds is 6. The second-order valence-corrected chi connectivity index (χ2v) is 7.76. The number of nitrogens with zero attached hydrogens (tertiary/aromatic N) is 1. The number of aromatic nitrogens is 1. The third kappa shape index (κ3) is 3.56. The molecule has 1 aliphatic carbocycles. The predicted octanol–water partition coefficient (Wildman–Crippen LogP) is 3.54. The van der Waals surface area contributed by atoms with Crippen molar-refractivity contribution in [3.63, 3.8) is 0 Å². The molecule has 0 bridgehead atoms. The monoisotopic (exact) mass is 282 g/mol. The van der Waals surface area contributed by atoms with Gasteiger partial charge in [-0.15, -0.1) is 11.3 Å². The lowest BCUT2D eigenvalue weighted by molar-refractivity contribution is -0.00763. The summed E-state index contributed by atoms with van der Waals surface area (Å²) in [5, 5.41) is 4.98. The van der Waals surface area contributed by atoms with E-state index in [2.05, 4.69) is 39.9 Å². The molecule has 0 amide bonds. The second kappa shape index (κ2) is 5.15. The Kier molecular flexibility index (Phi) is 4.05. The fraction of sp³-hybridized carbons (Fsp3) is 0.800. The molecule has 1 heterocycles. The Morgan fingerprint density at radius 2 is 1.95 bits per heavy atom. The smallest absolute Gasteiger partial charge is 0.113 e. The molecule has 1 atom stereocenters. The molecule has 0 radical (unpaired) electrons. The van der Waals surface area contributed by atoms with Crippen LogP contribution in [0.5, 0.6) is 0 Å². The van der Waals surface area contributed by atoms with Gasteiger partial charge in [-0.05, 0) is 47.5 Å². The lowest BCUT2D eigenvalue weighted by Crippen LogP contribution is -2.46. The zero-order chi connectivity index (χ0) is 14.3. The molecule has 1 aliphatic rings. The van der Waals surface area contributed by atoms with Crippen molar-refractivity contribution in [1.82, 2.24) is 10.3 Å². The summed E-state index contributed by atoms with van der Waals surface area (Å²) in [7, 11) is 1.79. The molecular weight excluding hydrogens is 256 g/mol. The molecule has 0 saturated heterocycles. The van der Waals surface area contributed by atoms with E-state index >= 15 is 0 Å². The predicted molar refractivity (Wildman–Crippen MR) is 80.8 cm³/mol. The molecular formula is C15H26N2OS. The summed E-state index contributed by atoms with van der Waals surface area (Å²) >= 11 is 1.81. The van der Waals surface area contributed by atoms with Gasteiger partial charge in [-0.2, -0.15) is 0 Å². The van der Waals surface area contributed by atoms with Crippen LogP contribution in [0.4, 0.5) is 0 Å². The number of hydrogen-bond acceptors (Lipinski definition) is 4. The minimum Gasteiger partial charge on any atom is -0.379 e. The average molecular weight is 282 g/mol. The number of methoxy groups -OCH3 is 1. The highest BCUT2D eigenvalue weighted by atomic mass is 32.1. The molecule has 0 spiro atoms. The van der Waals surface area contributed by atoms with Crippen molar-refractivity contribution in [2.24, 2.45) is 0 Å². The summed E-state index contributed by atoms with van der Waals surface area (Å²) in [5.41, 5.74) is 0.910. The van der Waals surface area contributed by atoms with Gasteiger partial charge in [-0.3, -0.25) is 0 Å². The molecule has 1 saturated carbocycles. The Morgan fingerprint density at radius 3 is 2.37 bits per heavy atom. The fourth-order valence-corrected chi connectivity index (χ4v) is 3.52. The Morgan fingerprint density at radius 1 is 1.32 bits per heavy atom. The quantitative estimate of drug-likeness (QED) is 0.866. The fourth-order valence-electron chi connectivity index (χ4n) is 2.50. The molecule has 0 aromatic carbocycles. The van der Waals surface area contributed by atoms with Crippen LogP contribution in [-0.2, 0) is 10.3 Å². The highest BCUT2D eigenvalue weighted by molar-refractivity contribution is 7.11. The lowest BCUT2D eigenvalue weighted by atomic mass is 9.88. The van der Waals surface area contributed by atoms with E-state index in [1.54, 1.807) is 7.11 Å². The number of thiazole rings is 1. The molecule has 108 valence electrons. The van der Waals surface area contributed by atoms with Crippen molar-refractivity contribution in [3.05, 3.63) is 15.6 Å². The summed E-state index contributed by atoms with van der Waals surface area (Å²) in [6, 6.07) is 0.655. The van der Waals surface area contributed by atoms with E-state index in [0.29, 0.717) is 6.04 Å². The van der Waals surface area contributed by atoms with Gasteiger partial charge in [0, 0.05) is 24.4 Å². The van der Waals surface area contributed by atoms with Gasteiger partial charge in [-0.25, -0.2) is 4.98 Å². The van der Waals surface area contributed by atoms with Crippen LogP contribution in [0.2, 0.25) is 0 Å². The average Bonchev–Trinajstić information content (AvgIpc) is 3.04. The maximum Gasteiger partial charge on any atom is 0.113 e. The summed E-state index contributed by atoms with van der Waals surface area (Å²) < 4.78 is 5.63. The number of nitrogens with one attached hydrogen (secondary N) is 1. The van der Waals surface area contributed by atoms with E-state index < -0.39 is 0 Å². The van der Waals surface area contributed by atoms with Crippen LogP contribution in [0.1, 0.15) is 55.6 Å². The van der Waals surface area contributed by atoms with E-state index in [9.17, 15) is 0 Å². The summed E-state index contributed by atoms with van der Waals surface area (Å²) in [5.74, 6) is 0. The largest absolute Gasteiger partial charge is 0.379 e. The van der Waals surface area contributed by atoms with Gasteiger partial charge in [0.05, 0.1) is 16.8 Å². The SMILES string of the molecule is COC(C)(C)CC(C)(NC1CC1)c1nc(C)c(C)s1. The van der Waals surface area contributed by atoms with E-state index in [0.717, 1.165) is 12.1 Å². The van der Waals surface area contributed by atoms with Gasteiger partial charge in [-0.1, -0.05) is 0 Å². The van der Waals surface area contributed by atoms with Crippen LogP contribution >= 0.6 is 11.3 Å². The number of ether oxygens (including phenoxy) is 1. The van der Waals surface area contributed by atoms with Crippen molar-refractivity contribution in [2.75, 3.05) is 7.11 Å². The van der Waals surface area contributed by atoms with Crippen LogP contribution in [0.15, 0.2) is 0 Å². The Balaban J connectivity index is 2.27. The molecule has 19 heavy (non-hydrogen) atoms. The summed E-state index contributed by atoms with van der Waals surface area (Å²) in [4.78, 5) is 6.10. The van der Waals surface area contributed by atoms with Crippen LogP contribution in [0.25, 0.3) is 0 Å². The van der Waals surface area contributed by atoms with Crippen LogP contribution < -0.4 is 5.32 Å². The summed E-state index contributed by atoms with van der Waals surface area (Å²) in [6.07, 6.45) is 3.50. The van der Waals surface area contributed by atoms with Gasteiger partial charge in [0.2, 0.25) is 0 Å². The van der Waals surface area contributed by atoms with Crippen molar-refractivity contribution in [2.45, 2.75) is 71.1 Å². The Labute approximate surface area is 120 Å². The van der Waals surface area contributed by atoms with Crippen LogP contribution in [-0.4, -0.2) is 23.7 Å². The molecule has 1 unspecified atom stereocenters. The highest BCUT2D eigenvalue weighted by Gasteiger charge is 2.40. The molecule has 3 nitrogen and oxygen atoms in total. The molecule has 2 rings (SSSR count). The van der Waals surface area contributed by atoms with Crippen molar-refractivity contribution >= 4 is 11.3 Å². The van der Waals surface area contributed by atoms with E-state index in [1.807, 2.05) is 11.3 Å². The molecule has 1 N–H and O–H groups in total. The third-order valence-corrected chi connectivity index (χ3v) is 5.27. The lowest BCUT2D eigenvalue weighted by Gasteiger charge is -2.36. The van der Waals surface area contributed by atoms with Crippen molar-refractivity contribution in [3.8, 4) is 0 Å². The normalized spacial score (nSPS) is 19.5. The van der Waals surface area contributed by atoms with Gasteiger partial charge >= 0.3 is 0 Å². The summed E-state index contributed by atoms with van der Waals surface area (Å²) in [6.45, 7) is 10.8. The second-order valence-electron chi connectivity index (χ2n) is 6.55. The van der Waals surface area contributed by atoms with Crippen LogP contribution in [0, 0.1) is 13.8 Å². The van der Waals surface area contributed by atoms with E-state index in [-0.39, 0.29) is 11.1 Å². The molecule has 0 aliphatic heterocycles. The first-order chi connectivity index (χ1) is 8.76. The third-order valence-electron chi connectivity index (χ3n) is 3.93. The Bertz CT molecular complexity index is 431. The van der Waals surface area contributed by atoms with Gasteiger partial charge in [0.25, 0.3) is 0 Å². The first-order valence-electron chi connectivity index (χ1n) is 7.03. The zero-order valence-electron chi connectivity index (χ0n) is 13.0. The molecule has 1 aromatic rings. The standard InChI is InChI=1S/C15H26N2OS/c1-10-11(2)19-13(16-10)15(5,17-12-7-8-12)9-14(3,4)18-6/h12,17H,7-9H2,1-6H3. The maximum absolute atomic E-state index is 5.63. The van der Waals surface area contributed by atoms with E-state index in [4.69, 9.17) is 9.72 Å². The van der Waals surface area contributed by atoms with Crippen molar-refractivity contribution < 1.29 is 4.74 Å². The minimum atomic E-state index is -0.149. The topological polar surface area (TPSA) is 34.1 Å². The van der Waals surface area contributed by atoms with Crippen molar-refractivity contribution in [1.29, 1.82) is 0 Å². The van der Waals surface area contributed by atoms with Crippen LogP contribution in [0.3, 0.4) is 0 Å². The van der Waals surface area contributed by atoms with Gasteiger partial charge in [0.1, 0.15) is 5.01 Å². The molecule has 4 heteroatoms. The number of aryl methyl sites for hydroxylation is 2. The highest BCUT2D eigenvalue weighted by Crippen LogP contribution is 2.38. The van der Waals surface area contributed by atoms with E-state index in [1.165, 1.54) is 22.7 Å².